The van der Waals surface area contributed by atoms with Gasteiger partial charge in [0.1, 0.15) is 0 Å². The van der Waals surface area contributed by atoms with Gasteiger partial charge in [-0.25, -0.2) is 0 Å². The molecule has 1 heterocycles. The van der Waals surface area contributed by atoms with Crippen molar-refractivity contribution in [2.75, 3.05) is 18.1 Å². The quantitative estimate of drug-likeness (QED) is 0.430. The molecule has 0 unspecified atom stereocenters. The molecule has 0 aliphatic rings. The molecule has 1 aromatic heterocycles. The highest BCUT2D eigenvalue weighted by atomic mass is 16.5. The van der Waals surface area contributed by atoms with Crippen molar-refractivity contribution >= 4 is 17.6 Å². The van der Waals surface area contributed by atoms with Crippen LogP contribution in [0.4, 0.5) is 5.69 Å². The molecule has 0 atom stereocenters. The maximum atomic E-state index is 12.7. The zero-order valence-corrected chi connectivity index (χ0v) is 18.8. The summed E-state index contributed by atoms with van der Waals surface area (Å²) in [5, 5.41) is 12.9. The van der Waals surface area contributed by atoms with Gasteiger partial charge in [0.15, 0.2) is 6.61 Å². The molecule has 3 aromatic rings. The number of nitrogens with zero attached hydrogens (tertiary/aromatic N) is 4. The molecule has 2 aromatic carbocycles. The molecular weight excluding hydrogens is 420 g/mol. The van der Waals surface area contributed by atoms with Gasteiger partial charge in [-0.2, -0.15) is 10.2 Å². The Balaban J connectivity index is 1.48. The zero-order chi connectivity index (χ0) is 23.6. The van der Waals surface area contributed by atoms with E-state index in [-0.39, 0.29) is 31.9 Å². The van der Waals surface area contributed by atoms with Gasteiger partial charge in [0.2, 0.25) is 11.7 Å². The van der Waals surface area contributed by atoms with Crippen LogP contribution >= 0.6 is 0 Å². The lowest BCUT2D eigenvalue weighted by atomic mass is 10.1. The Morgan fingerprint density at radius 1 is 1.12 bits per heavy atom. The van der Waals surface area contributed by atoms with Gasteiger partial charge >= 0.3 is 5.97 Å². The van der Waals surface area contributed by atoms with E-state index in [4.69, 9.17) is 14.5 Å². The Labute approximate surface area is 192 Å². The fourth-order valence-corrected chi connectivity index (χ4v) is 3.40. The number of rotatable bonds is 10. The number of ether oxygens (including phenoxy) is 1. The van der Waals surface area contributed by atoms with Crippen LogP contribution in [0.1, 0.15) is 36.3 Å². The molecule has 0 spiro atoms. The monoisotopic (exact) mass is 446 g/mol. The predicted molar refractivity (Wildman–Crippen MR) is 122 cm³/mol. The van der Waals surface area contributed by atoms with E-state index in [2.05, 4.69) is 16.2 Å². The highest BCUT2D eigenvalue weighted by molar-refractivity contribution is 5.95. The van der Waals surface area contributed by atoms with Crippen LogP contribution in [0.2, 0.25) is 0 Å². The summed E-state index contributed by atoms with van der Waals surface area (Å²) in [6.45, 7) is 3.73. The van der Waals surface area contributed by atoms with Gasteiger partial charge < -0.3 is 14.2 Å². The maximum absolute atomic E-state index is 12.7. The van der Waals surface area contributed by atoms with E-state index >= 15 is 0 Å². The van der Waals surface area contributed by atoms with Crippen molar-refractivity contribution in [3.8, 4) is 17.5 Å². The summed E-state index contributed by atoms with van der Waals surface area (Å²) in [5.41, 5.74) is 3.56. The summed E-state index contributed by atoms with van der Waals surface area (Å²) in [4.78, 5) is 30.7. The summed E-state index contributed by atoms with van der Waals surface area (Å²) < 4.78 is 10.4. The lowest BCUT2D eigenvalue weighted by molar-refractivity contribution is -0.147. The van der Waals surface area contributed by atoms with Crippen LogP contribution in [0.15, 0.2) is 53.1 Å². The van der Waals surface area contributed by atoms with Crippen molar-refractivity contribution in [1.82, 2.24) is 10.1 Å². The van der Waals surface area contributed by atoms with Gasteiger partial charge in [-0.05, 0) is 43.5 Å². The van der Waals surface area contributed by atoms with Crippen LogP contribution in [-0.2, 0) is 20.7 Å². The summed E-state index contributed by atoms with van der Waals surface area (Å²) in [5.74, 6) is 0.0950. The number of nitriles is 1. The maximum Gasteiger partial charge on any atom is 0.306 e. The molecule has 3 rings (SSSR count). The molecule has 8 nitrogen and oxygen atoms in total. The normalized spacial score (nSPS) is 10.5. The molecule has 1 amide bonds. The minimum absolute atomic E-state index is 0.123. The SMILES string of the molecule is Cc1cc(C)cc(N(CCC#N)C(=O)COC(=O)CCCc2nc(-c3ccccc3)no2)c1. The van der Waals surface area contributed by atoms with Crippen molar-refractivity contribution in [1.29, 1.82) is 5.26 Å². The second-order valence-electron chi connectivity index (χ2n) is 7.69. The van der Waals surface area contributed by atoms with Gasteiger partial charge in [0, 0.05) is 30.6 Å². The first-order chi connectivity index (χ1) is 16.0. The molecule has 0 fully saturated rings. The van der Waals surface area contributed by atoms with Gasteiger partial charge in [0.25, 0.3) is 5.91 Å². The van der Waals surface area contributed by atoms with E-state index in [1.165, 1.54) is 4.90 Å². The number of hydrogen-bond acceptors (Lipinski definition) is 7. The molecule has 0 radical (unpaired) electrons. The van der Waals surface area contributed by atoms with Gasteiger partial charge in [-0.15, -0.1) is 0 Å². The van der Waals surface area contributed by atoms with E-state index in [0.29, 0.717) is 30.2 Å². The Bertz CT molecular complexity index is 1110. The number of carbonyl (C=O) groups is 2. The first-order valence-electron chi connectivity index (χ1n) is 10.8. The molecule has 0 bridgehead atoms. The van der Waals surface area contributed by atoms with Crippen LogP contribution in [-0.4, -0.2) is 35.2 Å². The number of aromatic nitrogens is 2. The highest BCUT2D eigenvalue weighted by Gasteiger charge is 2.18. The Morgan fingerprint density at radius 2 is 1.85 bits per heavy atom. The lowest BCUT2D eigenvalue weighted by Gasteiger charge is -2.22. The fourth-order valence-electron chi connectivity index (χ4n) is 3.40. The van der Waals surface area contributed by atoms with Crippen molar-refractivity contribution in [2.45, 2.75) is 39.5 Å². The van der Waals surface area contributed by atoms with Crippen molar-refractivity contribution in [3.63, 3.8) is 0 Å². The largest absolute Gasteiger partial charge is 0.456 e. The van der Waals surface area contributed by atoms with Crippen molar-refractivity contribution in [3.05, 3.63) is 65.5 Å². The van der Waals surface area contributed by atoms with E-state index in [1.807, 2.05) is 62.4 Å². The summed E-state index contributed by atoms with van der Waals surface area (Å²) in [7, 11) is 0. The van der Waals surface area contributed by atoms with Crippen LogP contribution in [0.5, 0.6) is 0 Å². The van der Waals surface area contributed by atoms with Gasteiger partial charge in [-0.3, -0.25) is 9.59 Å². The number of hydrogen-bond donors (Lipinski definition) is 0. The number of anilines is 1. The fraction of sp³-hybridized carbons (Fsp3) is 0.320. The topological polar surface area (TPSA) is 109 Å². The molecule has 0 aliphatic carbocycles. The van der Waals surface area contributed by atoms with Crippen LogP contribution in [0.25, 0.3) is 11.4 Å². The average molecular weight is 447 g/mol. The Kier molecular flexibility index (Phi) is 8.30. The molecule has 0 saturated heterocycles. The number of benzene rings is 2. The minimum Gasteiger partial charge on any atom is -0.456 e. The third-order valence-electron chi connectivity index (χ3n) is 4.89. The molecular formula is C25H26N4O4. The van der Waals surface area contributed by atoms with Crippen LogP contribution in [0, 0.1) is 25.2 Å². The standard InChI is InChI=1S/C25H26N4O4/c1-18-14-19(2)16-21(15-18)29(13-7-12-26)23(30)17-32-24(31)11-6-10-22-27-25(28-33-22)20-8-4-3-5-9-20/h3-5,8-9,14-16H,6-7,10-11,13,17H2,1-2H3. The molecule has 0 saturated carbocycles. The van der Waals surface area contributed by atoms with E-state index in [0.717, 1.165) is 16.7 Å². The first kappa shape index (κ1) is 23.7. The van der Waals surface area contributed by atoms with E-state index in [9.17, 15) is 9.59 Å². The molecule has 33 heavy (non-hydrogen) atoms. The third kappa shape index (κ3) is 7.01. The highest BCUT2D eigenvalue weighted by Crippen LogP contribution is 2.20. The zero-order valence-electron chi connectivity index (χ0n) is 18.8. The smallest absolute Gasteiger partial charge is 0.306 e. The number of amides is 1. The Morgan fingerprint density at radius 3 is 2.55 bits per heavy atom. The van der Waals surface area contributed by atoms with E-state index < -0.39 is 5.97 Å². The average Bonchev–Trinajstić information content (AvgIpc) is 3.27. The molecule has 0 aliphatic heterocycles. The molecule has 8 heteroatoms. The summed E-state index contributed by atoms with van der Waals surface area (Å²) in [6.07, 6.45) is 1.19. The predicted octanol–water partition coefficient (Wildman–Crippen LogP) is 4.17. The van der Waals surface area contributed by atoms with Crippen molar-refractivity contribution < 1.29 is 18.8 Å². The summed E-state index contributed by atoms with van der Waals surface area (Å²) >= 11 is 0. The number of aryl methyl sites for hydroxylation is 3. The summed E-state index contributed by atoms with van der Waals surface area (Å²) in [6, 6.07) is 17.3. The van der Waals surface area contributed by atoms with Gasteiger partial charge in [-0.1, -0.05) is 41.6 Å². The third-order valence-corrected chi connectivity index (χ3v) is 4.89. The molecule has 0 N–H and O–H groups in total. The second kappa shape index (κ2) is 11.6. The second-order valence-corrected chi connectivity index (χ2v) is 7.69. The number of esters is 1. The minimum atomic E-state index is -0.480. The van der Waals surface area contributed by atoms with Gasteiger partial charge in [0.05, 0.1) is 12.5 Å². The van der Waals surface area contributed by atoms with E-state index in [1.54, 1.807) is 0 Å². The van der Waals surface area contributed by atoms with Crippen LogP contribution < -0.4 is 4.90 Å². The first-order valence-corrected chi connectivity index (χ1v) is 10.8. The molecule has 170 valence electrons. The number of carbonyl (C=O) groups excluding carboxylic acids is 2. The Hall–Kier alpha value is -3.99. The van der Waals surface area contributed by atoms with Crippen LogP contribution in [0.3, 0.4) is 0 Å². The van der Waals surface area contributed by atoms with Crippen molar-refractivity contribution in [2.24, 2.45) is 0 Å². The lowest BCUT2D eigenvalue weighted by Crippen LogP contribution is -2.35.